The third-order valence-corrected chi connectivity index (χ3v) is 2.89. The van der Waals surface area contributed by atoms with E-state index in [0.717, 1.165) is 31.6 Å². The van der Waals surface area contributed by atoms with Gasteiger partial charge in [-0.2, -0.15) is 0 Å². The van der Waals surface area contributed by atoms with Crippen molar-refractivity contribution in [2.45, 2.75) is 39.7 Å². The van der Waals surface area contributed by atoms with Gasteiger partial charge in [0.25, 0.3) is 0 Å². The summed E-state index contributed by atoms with van der Waals surface area (Å²) in [6, 6.07) is 0. The maximum Gasteiger partial charge on any atom is 0.249 e. The smallest absolute Gasteiger partial charge is 0.249 e. The van der Waals surface area contributed by atoms with E-state index < -0.39 is 0 Å². The van der Waals surface area contributed by atoms with Crippen LogP contribution in [0.25, 0.3) is 0 Å². The van der Waals surface area contributed by atoms with Crippen LogP contribution in [0.4, 0.5) is 0 Å². The Balaban J connectivity index is 2.77. The second-order valence-electron chi connectivity index (χ2n) is 4.74. The summed E-state index contributed by atoms with van der Waals surface area (Å²) < 4.78 is 0. The molecule has 1 fully saturated rings. The van der Waals surface area contributed by atoms with Gasteiger partial charge in [-0.1, -0.05) is 13.0 Å². The molecule has 0 unspecified atom stereocenters. The van der Waals surface area contributed by atoms with Gasteiger partial charge in [-0.25, -0.2) is 0 Å². The van der Waals surface area contributed by atoms with E-state index in [0.29, 0.717) is 0 Å². The molecule has 0 atom stereocenters. The van der Waals surface area contributed by atoms with Crippen molar-refractivity contribution in [3.8, 4) is 0 Å². The van der Waals surface area contributed by atoms with Crippen LogP contribution in [0.2, 0.25) is 0 Å². The first-order valence-electron chi connectivity index (χ1n) is 5.68. The Kier molecular flexibility index (Phi) is 3.91. The number of nitrogens with zero attached hydrogens (tertiary/aromatic N) is 1. The third-order valence-electron chi connectivity index (χ3n) is 2.89. The summed E-state index contributed by atoms with van der Waals surface area (Å²) in [4.78, 5) is 14.1. The van der Waals surface area contributed by atoms with Crippen LogP contribution in [-0.4, -0.2) is 36.0 Å². The monoisotopic (exact) mass is 210 g/mol. The van der Waals surface area contributed by atoms with Crippen LogP contribution in [0.5, 0.6) is 0 Å². The maximum absolute atomic E-state index is 12.1. The van der Waals surface area contributed by atoms with Crippen LogP contribution in [0.3, 0.4) is 0 Å². The van der Waals surface area contributed by atoms with Gasteiger partial charge in [0.2, 0.25) is 5.91 Å². The van der Waals surface area contributed by atoms with Gasteiger partial charge in [0, 0.05) is 25.2 Å². The van der Waals surface area contributed by atoms with Crippen molar-refractivity contribution in [1.82, 2.24) is 10.2 Å². The SMILES string of the molecule is CCC=C(C)C(=O)N1CCNCC1(C)C. The molecule has 1 aliphatic heterocycles. The summed E-state index contributed by atoms with van der Waals surface area (Å²) >= 11 is 0. The van der Waals surface area contributed by atoms with Gasteiger partial charge in [0.15, 0.2) is 0 Å². The number of rotatable bonds is 2. The van der Waals surface area contributed by atoms with Crippen molar-refractivity contribution in [2.24, 2.45) is 0 Å². The lowest BCUT2D eigenvalue weighted by atomic mass is 9.99. The average molecular weight is 210 g/mol. The van der Waals surface area contributed by atoms with E-state index in [1.165, 1.54) is 0 Å². The molecule has 0 bridgehead atoms. The van der Waals surface area contributed by atoms with Crippen LogP contribution >= 0.6 is 0 Å². The molecule has 0 aromatic rings. The van der Waals surface area contributed by atoms with Crippen molar-refractivity contribution in [3.63, 3.8) is 0 Å². The number of carbonyl (C=O) groups is 1. The van der Waals surface area contributed by atoms with Crippen molar-refractivity contribution in [2.75, 3.05) is 19.6 Å². The Morgan fingerprint density at radius 1 is 1.53 bits per heavy atom. The fraction of sp³-hybridized carbons (Fsp3) is 0.750. The van der Waals surface area contributed by atoms with Crippen molar-refractivity contribution in [3.05, 3.63) is 11.6 Å². The number of amides is 1. The molecule has 0 spiro atoms. The minimum absolute atomic E-state index is 0.0713. The minimum Gasteiger partial charge on any atom is -0.331 e. The maximum atomic E-state index is 12.1. The summed E-state index contributed by atoms with van der Waals surface area (Å²) in [5.41, 5.74) is 0.797. The fourth-order valence-electron chi connectivity index (χ4n) is 1.97. The zero-order valence-corrected chi connectivity index (χ0v) is 10.3. The van der Waals surface area contributed by atoms with Crippen molar-refractivity contribution >= 4 is 5.91 Å². The third kappa shape index (κ3) is 2.81. The van der Waals surface area contributed by atoms with E-state index in [1.807, 2.05) is 17.9 Å². The van der Waals surface area contributed by atoms with E-state index in [-0.39, 0.29) is 11.4 Å². The Morgan fingerprint density at radius 2 is 2.20 bits per heavy atom. The summed E-state index contributed by atoms with van der Waals surface area (Å²) in [6.07, 6.45) is 2.92. The topological polar surface area (TPSA) is 32.3 Å². The van der Waals surface area contributed by atoms with Gasteiger partial charge < -0.3 is 10.2 Å². The molecule has 0 aromatic carbocycles. The summed E-state index contributed by atoms with van der Waals surface area (Å²) in [5.74, 6) is 0.184. The molecule has 0 aromatic heterocycles. The molecule has 3 nitrogen and oxygen atoms in total. The predicted molar refractivity (Wildman–Crippen MR) is 62.7 cm³/mol. The zero-order valence-electron chi connectivity index (χ0n) is 10.3. The zero-order chi connectivity index (χ0) is 11.5. The second kappa shape index (κ2) is 4.79. The predicted octanol–water partition coefficient (Wildman–Crippen LogP) is 1.55. The Bertz CT molecular complexity index is 269. The van der Waals surface area contributed by atoms with Gasteiger partial charge in [-0.3, -0.25) is 4.79 Å². The molecule has 3 heteroatoms. The van der Waals surface area contributed by atoms with Crippen LogP contribution < -0.4 is 5.32 Å². The number of hydrogen-bond donors (Lipinski definition) is 1. The number of nitrogens with one attached hydrogen (secondary N) is 1. The highest BCUT2D eigenvalue weighted by atomic mass is 16.2. The fourth-order valence-corrected chi connectivity index (χ4v) is 1.97. The van der Waals surface area contributed by atoms with Crippen molar-refractivity contribution in [1.29, 1.82) is 0 Å². The molecule has 0 saturated carbocycles. The highest BCUT2D eigenvalue weighted by Gasteiger charge is 2.33. The van der Waals surface area contributed by atoms with Crippen LogP contribution in [0.15, 0.2) is 11.6 Å². The molecule has 86 valence electrons. The Hall–Kier alpha value is -0.830. The first-order chi connectivity index (χ1) is 6.99. The first-order valence-corrected chi connectivity index (χ1v) is 5.68. The molecule has 0 radical (unpaired) electrons. The Labute approximate surface area is 92.5 Å². The van der Waals surface area contributed by atoms with Gasteiger partial charge in [0.05, 0.1) is 5.54 Å². The average Bonchev–Trinajstić information content (AvgIpc) is 2.16. The van der Waals surface area contributed by atoms with Crippen molar-refractivity contribution < 1.29 is 4.79 Å². The number of hydrogen-bond acceptors (Lipinski definition) is 2. The molecular weight excluding hydrogens is 188 g/mol. The quantitative estimate of drug-likeness (QED) is 0.701. The van der Waals surface area contributed by atoms with E-state index in [2.05, 4.69) is 26.1 Å². The lowest BCUT2D eigenvalue weighted by Crippen LogP contribution is -2.60. The summed E-state index contributed by atoms with van der Waals surface area (Å²) in [7, 11) is 0. The van der Waals surface area contributed by atoms with Crippen LogP contribution in [-0.2, 0) is 4.79 Å². The number of piperazine rings is 1. The summed E-state index contributed by atoms with van der Waals surface area (Å²) in [5, 5.41) is 3.32. The molecule has 1 saturated heterocycles. The number of carbonyl (C=O) groups excluding carboxylic acids is 1. The normalized spacial score (nSPS) is 21.6. The van der Waals surface area contributed by atoms with Crippen LogP contribution in [0.1, 0.15) is 34.1 Å². The van der Waals surface area contributed by atoms with E-state index in [4.69, 9.17) is 0 Å². The van der Waals surface area contributed by atoms with Gasteiger partial charge in [-0.15, -0.1) is 0 Å². The van der Waals surface area contributed by atoms with E-state index >= 15 is 0 Å². The highest BCUT2D eigenvalue weighted by molar-refractivity contribution is 5.93. The molecule has 0 aliphatic carbocycles. The largest absolute Gasteiger partial charge is 0.331 e. The lowest BCUT2D eigenvalue weighted by Gasteiger charge is -2.43. The van der Waals surface area contributed by atoms with Crippen LogP contribution in [0, 0.1) is 0 Å². The summed E-state index contributed by atoms with van der Waals surface area (Å²) in [6.45, 7) is 10.8. The first kappa shape index (κ1) is 12.2. The lowest BCUT2D eigenvalue weighted by molar-refractivity contribution is -0.133. The minimum atomic E-state index is -0.0713. The Morgan fingerprint density at radius 3 is 2.73 bits per heavy atom. The molecule has 1 N–H and O–H groups in total. The van der Waals surface area contributed by atoms with E-state index in [9.17, 15) is 4.79 Å². The van der Waals surface area contributed by atoms with Gasteiger partial charge >= 0.3 is 0 Å². The molecular formula is C12H22N2O. The molecule has 15 heavy (non-hydrogen) atoms. The standard InChI is InChI=1S/C12H22N2O/c1-5-6-10(2)11(15)14-8-7-13-9-12(14,3)4/h6,13H,5,7-9H2,1-4H3. The molecule has 1 aliphatic rings. The highest BCUT2D eigenvalue weighted by Crippen LogP contribution is 2.18. The second-order valence-corrected chi connectivity index (χ2v) is 4.74. The van der Waals surface area contributed by atoms with E-state index in [1.54, 1.807) is 0 Å². The van der Waals surface area contributed by atoms with Gasteiger partial charge in [0.1, 0.15) is 0 Å². The molecule has 1 rings (SSSR count). The molecule has 1 amide bonds. The number of allylic oxidation sites excluding steroid dienone is 1. The molecule has 1 heterocycles. The van der Waals surface area contributed by atoms with Gasteiger partial charge in [-0.05, 0) is 27.2 Å².